The van der Waals surface area contributed by atoms with Gasteiger partial charge in [0.15, 0.2) is 14.9 Å². The van der Waals surface area contributed by atoms with Crippen LogP contribution < -0.4 is 4.90 Å². The van der Waals surface area contributed by atoms with E-state index in [4.69, 9.17) is 0 Å². The number of nitrogens with zero attached hydrogens (tertiary/aromatic N) is 2. The minimum absolute atomic E-state index is 0.0453. The number of hydrogen-bond acceptors (Lipinski definition) is 5. The zero-order valence-electron chi connectivity index (χ0n) is 13.3. The number of hydrogen-bond donors (Lipinski definition) is 1. The lowest BCUT2D eigenvalue weighted by Crippen LogP contribution is -2.32. The van der Waals surface area contributed by atoms with Crippen LogP contribution in [0.25, 0.3) is 0 Å². The van der Waals surface area contributed by atoms with E-state index >= 15 is 0 Å². The van der Waals surface area contributed by atoms with Crippen LogP contribution >= 0.6 is 0 Å². The Balaban J connectivity index is 2.23. The number of carboxylic acids is 1. The molecule has 122 valence electrons. The van der Waals surface area contributed by atoms with Crippen LogP contribution in [0.5, 0.6) is 0 Å². The molecule has 0 amide bonds. The number of rotatable bonds is 3. The molecule has 1 aliphatic heterocycles. The van der Waals surface area contributed by atoms with Crippen LogP contribution in [0.2, 0.25) is 0 Å². The Morgan fingerprint density at radius 3 is 2.41 bits per heavy atom. The van der Waals surface area contributed by atoms with Gasteiger partial charge in [0.25, 0.3) is 0 Å². The molecule has 2 rings (SSSR count). The van der Waals surface area contributed by atoms with Gasteiger partial charge in [-0.2, -0.15) is 0 Å². The van der Waals surface area contributed by atoms with Crippen LogP contribution in [-0.2, 0) is 14.6 Å². The number of carboxylic acid groups (broad SMARTS) is 1. The lowest BCUT2D eigenvalue weighted by atomic mass is 9.90. The SMILES string of the molecule is CC1(C(=O)O)CCN(c2ccc(S(=O)(=O)C(C)(C)C)nc2)C1. The topological polar surface area (TPSA) is 87.6 Å². The van der Waals surface area contributed by atoms with Crippen LogP contribution in [0.3, 0.4) is 0 Å². The fourth-order valence-corrected chi connectivity index (χ4v) is 3.45. The van der Waals surface area contributed by atoms with Gasteiger partial charge >= 0.3 is 5.97 Å². The van der Waals surface area contributed by atoms with Crippen molar-refractivity contribution < 1.29 is 18.3 Å². The molecule has 0 spiro atoms. The highest BCUT2D eigenvalue weighted by Gasteiger charge is 2.40. The fraction of sp³-hybridized carbons (Fsp3) is 0.600. The molecule has 6 nitrogen and oxygen atoms in total. The number of anilines is 1. The van der Waals surface area contributed by atoms with E-state index in [0.29, 0.717) is 19.5 Å². The lowest BCUT2D eigenvalue weighted by molar-refractivity contribution is -0.146. The van der Waals surface area contributed by atoms with E-state index in [-0.39, 0.29) is 5.03 Å². The standard InChI is InChI=1S/C15H22N2O4S/c1-14(2,3)22(20,21)12-6-5-11(9-16-12)17-8-7-15(4,10-17)13(18)19/h5-6,9H,7-8,10H2,1-4H3,(H,18,19). The molecule has 1 N–H and O–H groups in total. The van der Waals surface area contributed by atoms with Crippen molar-refractivity contribution in [2.75, 3.05) is 18.0 Å². The lowest BCUT2D eigenvalue weighted by Gasteiger charge is -2.22. The Morgan fingerprint density at radius 1 is 1.36 bits per heavy atom. The zero-order valence-corrected chi connectivity index (χ0v) is 14.1. The molecule has 1 saturated heterocycles. The van der Waals surface area contributed by atoms with E-state index in [9.17, 15) is 18.3 Å². The summed E-state index contributed by atoms with van der Waals surface area (Å²) in [6.45, 7) is 7.65. The minimum atomic E-state index is -3.48. The van der Waals surface area contributed by atoms with Gasteiger partial charge in [0.1, 0.15) is 0 Å². The van der Waals surface area contributed by atoms with Crippen molar-refractivity contribution in [3.8, 4) is 0 Å². The normalized spacial score (nSPS) is 22.8. The Kier molecular flexibility index (Phi) is 3.97. The second-order valence-corrected chi connectivity index (χ2v) is 9.66. The summed E-state index contributed by atoms with van der Waals surface area (Å²) in [6.07, 6.45) is 2.07. The first-order chi connectivity index (χ1) is 9.97. The van der Waals surface area contributed by atoms with Gasteiger partial charge in [-0.15, -0.1) is 0 Å². The van der Waals surface area contributed by atoms with Crippen LogP contribution in [0, 0.1) is 5.41 Å². The summed E-state index contributed by atoms with van der Waals surface area (Å²) in [5, 5.41) is 9.30. The van der Waals surface area contributed by atoms with Crippen LogP contribution in [0.15, 0.2) is 23.4 Å². The fourth-order valence-electron chi connectivity index (χ4n) is 2.39. The van der Waals surface area contributed by atoms with Crippen molar-refractivity contribution in [1.29, 1.82) is 0 Å². The molecule has 1 aliphatic rings. The minimum Gasteiger partial charge on any atom is -0.481 e. The largest absolute Gasteiger partial charge is 0.481 e. The molecule has 1 aromatic rings. The number of pyridine rings is 1. The summed E-state index contributed by atoms with van der Waals surface area (Å²) < 4.78 is 23.7. The third kappa shape index (κ3) is 2.82. The third-order valence-corrected chi connectivity index (χ3v) is 6.56. The summed E-state index contributed by atoms with van der Waals surface area (Å²) >= 11 is 0. The molecular formula is C15H22N2O4S. The van der Waals surface area contributed by atoms with Crippen molar-refractivity contribution >= 4 is 21.5 Å². The molecule has 22 heavy (non-hydrogen) atoms. The van der Waals surface area contributed by atoms with Gasteiger partial charge in [-0.05, 0) is 46.2 Å². The van der Waals surface area contributed by atoms with Gasteiger partial charge in [-0.1, -0.05) is 0 Å². The van der Waals surface area contributed by atoms with Crippen molar-refractivity contribution in [3.05, 3.63) is 18.3 Å². The average molecular weight is 326 g/mol. The summed E-state index contributed by atoms with van der Waals surface area (Å²) in [6, 6.07) is 3.19. The maximum absolute atomic E-state index is 12.3. The van der Waals surface area contributed by atoms with E-state index in [1.807, 2.05) is 4.90 Å². The van der Waals surface area contributed by atoms with E-state index in [1.165, 1.54) is 12.3 Å². The highest BCUT2D eigenvalue weighted by molar-refractivity contribution is 7.92. The predicted octanol–water partition coefficient (Wildman–Crippen LogP) is 1.95. The van der Waals surface area contributed by atoms with E-state index in [1.54, 1.807) is 33.8 Å². The van der Waals surface area contributed by atoms with E-state index < -0.39 is 26.0 Å². The zero-order chi connectivity index (χ0) is 16.8. The maximum atomic E-state index is 12.3. The maximum Gasteiger partial charge on any atom is 0.311 e. The summed E-state index contributed by atoms with van der Waals surface area (Å²) in [5.74, 6) is -0.810. The van der Waals surface area contributed by atoms with Crippen molar-refractivity contribution in [2.45, 2.75) is 43.9 Å². The monoisotopic (exact) mass is 326 g/mol. The number of sulfone groups is 1. The van der Waals surface area contributed by atoms with Crippen molar-refractivity contribution in [3.63, 3.8) is 0 Å². The first-order valence-electron chi connectivity index (χ1n) is 7.16. The van der Waals surface area contributed by atoms with E-state index in [2.05, 4.69) is 4.98 Å². The first-order valence-corrected chi connectivity index (χ1v) is 8.65. The second kappa shape index (κ2) is 5.22. The first kappa shape index (κ1) is 16.7. The highest BCUT2D eigenvalue weighted by atomic mass is 32.2. The molecule has 0 radical (unpaired) electrons. The van der Waals surface area contributed by atoms with Crippen LogP contribution in [0.1, 0.15) is 34.1 Å². The molecule has 1 unspecified atom stereocenters. The summed E-state index contributed by atoms with van der Waals surface area (Å²) in [5.41, 5.74) is -0.0197. The van der Waals surface area contributed by atoms with Crippen molar-refractivity contribution in [2.24, 2.45) is 5.41 Å². The smallest absolute Gasteiger partial charge is 0.311 e. The summed E-state index contributed by atoms with van der Waals surface area (Å²) in [4.78, 5) is 17.3. The Labute approximate surface area is 131 Å². The van der Waals surface area contributed by atoms with Gasteiger partial charge in [0.05, 0.1) is 22.0 Å². The highest BCUT2D eigenvalue weighted by Crippen LogP contribution is 2.33. The molecular weight excluding hydrogens is 304 g/mol. The number of aromatic nitrogens is 1. The Hall–Kier alpha value is -1.63. The van der Waals surface area contributed by atoms with Crippen LogP contribution in [0.4, 0.5) is 5.69 Å². The average Bonchev–Trinajstić information content (AvgIpc) is 2.82. The Morgan fingerprint density at radius 2 is 2.00 bits per heavy atom. The van der Waals surface area contributed by atoms with Gasteiger partial charge in [0, 0.05) is 13.1 Å². The molecule has 1 atom stereocenters. The van der Waals surface area contributed by atoms with Crippen LogP contribution in [-0.4, -0.2) is 42.3 Å². The Bertz CT molecular complexity index is 676. The van der Waals surface area contributed by atoms with Gasteiger partial charge in [-0.3, -0.25) is 4.79 Å². The molecule has 1 fully saturated rings. The van der Waals surface area contributed by atoms with Gasteiger partial charge < -0.3 is 10.0 Å². The van der Waals surface area contributed by atoms with E-state index in [0.717, 1.165) is 5.69 Å². The number of aliphatic carboxylic acids is 1. The van der Waals surface area contributed by atoms with Gasteiger partial charge in [0.2, 0.25) is 0 Å². The summed E-state index contributed by atoms with van der Waals surface area (Å²) in [7, 11) is -3.48. The number of carbonyl (C=O) groups is 1. The van der Waals surface area contributed by atoms with Crippen molar-refractivity contribution in [1.82, 2.24) is 4.98 Å². The quantitative estimate of drug-likeness (QED) is 0.913. The molecule has 1 aromatic heterocycles. The second-order valence-electron chi connectivity index (χ2n) is 7.01. The van der Waals surface area contributed by atoms with Gasteiger partial charge in [-0.25, -0.2) is 13.4 Å². The molecule has 0 aromatic carbocycles. The third-order valence-electron chi connectivity index (χ3n) is 4.16. The predicted molar refractivity (Wildman–Crippen MR) is 83.7 cm³/mol. The molecule has 0 bridgehead atoms. The molecule has 0 saturated carbocycles. The molecule has 0 aliphatic carbocycles. The molecule has 2 heterocycles. The molecule has 7 heteroatoms.